The summed E-state index contributed by atoms with van der Waals surface area (Å²) in [7, 11) is 0. The molecule has 0 atom stereocenters. The van der Waals surface area contributed by atoms with Crippen LogP contribution in [0.3, 0.4) is 0 Å². The number of esters is 1. The summed E-state index contributed by atoms with van der Waals surface area (Å²) in [4.78, 5) is 32.8. The van der Waals surface area contributed by atoms with Gasteiger partial charge in [0, 0.05) is 22.5 Å². The topological polar surface area (TPSA) is 86.4 Å². The van der Waals surface area contributed by atoms with E-state index < -0.39 is 5.97 Å². The number of rotatable bonds is 6. The average molecular weight is 366 g/mol. The molecular weight excluding hydrogens is 344 g/mol. The van der Waals surface area contributed by atoms with E-state index in [1.807, 2.05) is 26.0 Å². The highest BCUT2D eigenvalue weighted by molar-refractivity contribution is 5.98. The Balaban J connectivity index is 1.63. The van der Waals surface area contributed by atoms with E-state index in [1.54, 1.807) is 16.6 Å². The van der Waals surface area contributed by atoms with E-state index in [9.17, 15) is 9.59 Å². The van der Waals surface area contributed by atoms with Gasteiger partial charge in [-0.2, -0.15) is 10.1 Å². The maximum atomic E-state index is 12.2. The van der Waals surface area contributed by atoms with Crippen LogP contribution in [0, 0.1) is 13.8 Å². The van der Waals surface area contributed by atoms with Crippen LogP contribution in [-0.2, 0) is 16.0 Å². The molecule has 0 spiro atoms. The predicted octanol–water partition coefficient (Wildman–Crippen LogP) is 2.83. The van der Waals surface area contributed by atoms with Crippen LogP contribution in [0.2, 0.25) is 0 Å². The van der Waals surface area contributed by atoms with Crippen molar-refractivity contribution in [2.24, 2.45) is 0 Å². The quantitative estimate of drug-likeness (QED) is 0.492. The molecule has 1 aromatic carbocycles. The number of benzene rings is 1. The standard InChI is InChI=1S/C20H22N4O3/c1-12(2)15-5-7-16(8-6-15)18(25)10-27-19(26)9-17-13(3)23-20-21-11-22-24(20)14(17)4/h5-8,11-12H,9-10H2,1-4H3. The number of aromatic nitrogens is 4. The summed E-state index contributed by atoms with van der Waals surface area (Å²) in [5.41, 5.74) is 3.89. The first-order valence-electron chi connectivity index (χ1n) is 8.81. The minimum absolute atomic E-state index is 0.0278. The van der Waals surface area contributed by atoms with Crippen LogP contribution < -0.4 is 0 Å². The van der Waals surface area contributed by atoms with Crippen LogP contribution in [0.15, 0.2) is 30.6 Å². The molecule has 3 aromatic rings. The fourth-order valence-electron chi connectivity index (χ4n) is 2.89. The molecule has 7 nitrogen and oxygen atoms in total. The smallest absolute Gasteiger partial charge is 0.310 e. The van der Waals surface area contributed by atoms with Crippen molar-refractivity contribution in [2.45, 2.75) is 40.0 Å². The van der Waals surface area contributed by atoms with Crippen LogP contribution in [0.25, 0.3) is 5.78 Å². The summed E-state index contributed by atoms with van der Waals surface area (Å²) in [6, 6.07) is 7.38. The molecule has 0 unspecified atom stereocenters. The van der Waals surface area contributed by atoms with Gasteiger partial charge in [0.05, 0.1) is 6.42 Å². The predicted molar refractivity (Wildman–Crippen MR) is 99.8 cm³/mol. The number of ether oxygens (including phenoxy) is 1. The minimum atomic E-state index is -0.477. The van der Waals surface area contributed by atoms with Crippen LogP contribution in [0.4, 0.5) is 0 Å². The van der Waals surface area contributed by atoms with E-state index in [0.717, 1.165) is 16.8 Å². The molecule has 7 heteroatoms. The fraction of sp³-hybridized carbons (Fsp3) is 0.350. The molecular formula is C20H22N4O3. The maximum Gasteiger partial charge on any atom is 0.310 e. The van der Waals surface area contributed by atoms with Gasteiger partial charge in [-0.15, -0.1) is 0 Å². The van der Waals surface area contributed by atoms with E-state index in [0.29, 0.717) is 23.0 Å². The van der Waals surface area contributed by atoms with E-state index in [2.05, 4.69) is 28.9 Å². The molecule has 27 heavy (non-hydrogen) atoms. The van der Waals surface area contributed by atoms with Gasteiger partial charge >= 0.3 is 5.97 Å². The summed E-state index contributed by atoms with van der Waals surface area (Å²) in [6.45, 7) is 7.56. The molecule has 0 amide bonds. The molecule has 140 valence electrons. The molecule has 0 saturated heterocycles. The van der Waals surface area contributed by atoms with E-state index in [1.165, 1.54) is 6.33 Å². The third-order valence-corrected chi connectivity index (χ3v) is 4.57. The van der Waals surface area contributed by atoms with E-state index >= 15 is 0 Å². The molecule has 0 fully saturated rings. The number of aryl methyl sites for hydroxylation is 2. The highest BCUT2D eigenvalue weighted by Gasteiger charge is 2.16. The zero-order valence-electron chi connectivity index (χ0n) is 15.9. The van der Waals surface area contributed by atoms with Crippen molar-refractivity contribution in [1.82, 2.24) is 19.6 Å². The van der Waals surface area contributed by atoms with Crippen molar-refractivity contribution < 1.29 is 14.3 Å². The fourth-order valence-corrected chi connectivity index (χ4v) is 2.89. The molecule has 3 rings (SSSR count). The third kappa shape index (κ3) is 4.02. The van der Waals surface area contributed by atoms with Crippen molar-refractivity contribution >= 4 is 17.5 Å². The Morgan fingerprint density at radius 1 is 1.15 bits per heavy atom. The molecule has 0 N–H and O–H groups in total. The number of carbonyl (C=O) groups is 2. The van der Waals surface area contributed by atoms with E-state index in [4.69, 9.17) is 4.74 Å². The molecule has 0 aliphatic carbocycles. The molecule has 0 aliphatic rings. The highest BCUT2D eigenvalue weighted by atomic mass is 16.5. The number of hydrogen-bond donors (Lipinski definition) is 0. The second-order valence-electron chi connectivity index (χ2n) is 6.77. The largest absolute Gasteiger partial charge is 0.457 e. The van der Waals surface area contributed by atoms with Gasteiger partial charge in [-0.05, 0) is 25.3 Å². The number of carbonyl (C=O) groups excluding carboxylic acids is 2. The van der Waals surface area contributed by atoms with Gasteiger partial charge in [0.1, 0.15) is 6.33 Å². The highest BCUT2D eigenvalue weighted by Crippen LogP contribution is 2.16. The lowest BCUT2D eigenvalue weighted by atomic mass is 10.0. The second kappa shape index (κ2) is 7.65. The summed E-state index contributed by atoms with van der Waals surface area (Å²) in [5, 5.41) is 4.10. The number of nitrogens with zero attached hydrogens (tertiary/aromatic N) is 4. The summed E-state index contributed by atoms with van der Waals surface area (Å²) >= 11 is 0. The lowest BCUT2D eigenvalue weighted by Crippen LogP contribution is -2.18. The van der Waals surface area contributed by atoms with Crippen LogP contribution in [0.5, 0.6) is 0 Å². The van der Waals surface area contributed by atoms with Crippen LogP contribution in [-0.4, -0.2) is 37.9 Å². The third-order valence-electron chi connectivity index (χ3n) is 4.57. The van der Waals surface area contributed by atoms with Gasteiger partial charge in [-0.3, -0.25) is 9.59 Å². The normalized spacial score (nSPS) is 11.1. The van der Waals surface area contributed by atoms with Crippen molar-refractivity contribution in [1.29, 1.82) is 0 Å². The summed E-state index contributed by atoms with van der Waals surface area (Å²) in [6.07, 6.45) is 1.44. The molecule has 0 bridgehead atoms. The zero-order chi connectivity index (χ0) is 19.6. The minimum Gasteiger partial charge on any atom is -0.457 e. The maximum absolute atomic E-state index is 12.2. The Morgan fingerprint density at radius 2 is 1.85 bits per heavy atom. The number of fused-ring (bicyclic) bond motifs is 1. The summed E-state index contributed by atoms with van der Waals surface area (Å²) < 4.78 is 6.76. The number of Topliss-reactive ketones (excluding diaryl/α,β-unsaturated/α-hetero) is 1. The van der Waals surface area contributed by atoms with Gasteiger partial charge in [0.25, 0.3) is 5.78 Å². The first kappa shape index (κ1) is 18.7. The van der Waals surface area contributed by atoms with Crippen molar-refractivity contribution in [3.63, 3.8) is 0 Å². The van der Waals surface area contributed by atoms with Crippen molar-refractivity contribution in [3.05, 3.63) is 58.7 Å². The molecule has 2 aromatic heterocycles. The lowest BCUT2D eigenvalue weighted by Gasteiger charge is -2.10. The number of hydrogen-bond acceptors (Lipinski definition) is 6. The van der Waals surface area contributed by atoms with Gasteiger partial charge in [-0.25, -0.2) is 9.50 Å². The Labute approximate surface area is 157 Å². The molecule has 2 heterocycles. The first-order chi connectivity index (χ1) is 12.9. The van der Waals surface area contributed by atoms with Gasteiger partial charge in [0.2, 0.25) is 0 Å². The van der Waals surface area contributed by atoms with Gasteiger partial charge in [0.15, 0.2) is 12.4 Å². The lowest BCUT2D eigenvalue weighted by molar-refractivity contribution is -0.141. The average Bonchev–Trinajstić information content (AvgIpc) is 3.11. The summed E-state index contributed by atoms with van der Waals surface area (Å²) in [5.74, 6) is 0.183. The first-order valence-corrected chi connectivity index (χ1v) is 8.81. The van der Waals surface area contributed by atoms with Crippen LogP contribution >= 0.6 is 0 Å². The molecule has 0 aliphatic heterocycles. The Kier molecular flexibility index (Phi) is 5.30. The van der Waals surface area contributed by atoms with Crippen molar-refractivity contribution in [2.75, 3.05) is 6.61 Å². The monoisotopic (exact) mass is 366 g/mol. The number of ketones is 1. The van der Waals surface area contributed by atoms with Gasteiger partial charge in [-0.1, -0.05) is 38.1 Å². The molecule has 0 radical (unpaired) electrons. The SMILES string of the molecule is Cc1nc2ncnn2c(C)c1CC(=O)OCC(=O)c1ccc(C(C)C)cc1. The Morgan fingerprint density at radius 3 is 2.52 bits per heavy atom. The molecule has 0 saturated carbocycles. The second-order valence-corrected chi connectivity index (χ2v) is 6.77. The zero-order valence-corrected chi connectivity index (χ0v) is 15.9. The van der Waals surface area contributed by atoms with E-state index in [-0.39, 0.29) is 18.8 Å². The Hall–Kier alpha value is -3.09. The van der Waals surface area contributed by atoms with Crippen molar-refractivity contribution in [3.8, 4) is 0 Å². The Bertz CT molecular complexity index is 990. The van der Waals surface area contributed by atoms with Crippen LogP contribution in [0.1, 0.15) is 52.6 Å². The van der Waals surface area contributed by atoms with Gasteiger partial charge < -0.3 is 4.74 Å².